The van der Waals surface area contributed by atoms with Crippen molar-refractivity contribution in [3.8, 4) is 5.75 Å². The third-order valence-corrected chi connectivity index (χ3v) is 2.72. The number of benzene rings is 1. The Morgan fingerprint density at radius 1 is 1.16 bits per heavy atom. The normalized spacial score (nSPS) is 10.0. The lowest BCUT2D eigenvalue weighted by atomic mass is 10.3. The lowest BCUT2D eigenvalue weighted by Crippen LogP contribution is -2.19. The first-order valence-electron chi connectivity index (χ1n) is 5.22. The summed E-state index contributed by atoms with van der Waals surface area (Å²) in [5.74, 6) is 0.00616. The Kier molecular flexibility index (Phi) is 4.09. The van der Waals surface area contributed by atoms with Gasteiger partial charge in [-0.05, 0) is 24.3 Å². The molecule has 0 aliphatic heterocycles. The number of urea groups is 1. The number of hydrogen-bond acceptors (Lipinski definition) is 3. The molecule has 0 aliphatic carbocycles. The Morgan fingerprint density at radius 3 is 2.68 bits per heavy atom. The summed E-state index contributed by atoms with van der Waals surface area (Å²) >= 11 is 11.6. The highest BCUT2D eigenvalue weighted by atomic mass is 35.5. The van der Waals surface area contributed by atoms with Crippen LogP contribution in [-0.4, -0.2) is 16.1 Å². The van der Waals surface area contributed by atoms with Crippen molar-refractivity contribution < 1.29 is 9.90 Å². The Labute approximate surface area is 119 Å². The van der Waals surface area contributed by atoms with Crippen molar-refractivity contribution >= 4 is 40.6 Å². The maximum atomic E-state index is 11.7. The monoisotopic (exact) mass is 297 g/mol. The average molecular weight is 298 g/mol. The van der Waals surface area contributed by atoms with Crippen molar-refractivity contribution in [1.29, 1.82) is 0 Å². The molecule has 1 aromatic heterocycles. The topological polar surface area (TPSA) is 74.2 Å². The maximum absolute atomic E-state index is 11.7. The molecule has 1 aromatic carbocycles. The molecule has 0 atom stereocenters. The zero-order valence-electron chi connectivity index (χ0n) is 9.52. The third kappa shape index (κ3) is 3.74. The van der Waals surface area contributed by atoms with E-state index in [2.05, 4.69) is 15.6 Å². The molecule has 0 unspecified atom stereocenters. The van der Waals surface area contributed by atoms with Crippen LogP contribution in [0.25, 0.3) is 0 Å². The minimum Gasteiger partial charge on any atom is -0.508 e. The van der Waals surface area contributed by atoms with Gasteiger partial charge in [0.05, 0.1) is 10.7 Å². The van der Waals surface area contributed by atoms with Gasteiger partial charge in [-0.3, -0.25) is 0 Å². The first-order valence-corrected chi connectivity index (χ1v) is 5.98. The highest BCUT2D eigenvalue weighted by Crippen LogP contribution is 2.26. The third-order valence-electron chi connectivity index (χ3n) is 2.18. The Morgan fingerprint density at radius 2 is 1.95 bits per heavy atom. The second-order valence-electron chi connectivity index (χ2n) is 3.61. The summed E-state index contributed by atoms with van der Waals surface area (Å²) in [6.45, 7) is 0. The van der Waals surface area contributed by atoms with Crippen molar-refractivity contribution in [2.24, 2.45) is 0 Å². The van der Waals surface area contributed by atoms with Gasteiger partial charge in [-0.1, -0.05) is 23.2 Å². The van der Waals surface area contributed by atoms with E-state index in [1.165, 1.54) is 30.5 Å². The van der Waals surface area contributed by atoms with E-state index >= 15 is 0 Å². The Hall–Kier alpha value is -1.98. The smallest absolute Gasteiger partial charge is 0.323 e. The van der Waals surface area contributed by atoms with Gasteiger partial charge in [-0.15, -0.1) is 0 Å². The molecular formula is C12H9Cl2N3O2. The van der Waals surface area contributed by atoms with Crippen molar-refractivity contribution in [2.75, 3.05) is 10.6 Å². The summed E-state index contributed by atoms with van der Waals surface area (Å²) in [5.41, 5.74) is 0.799. The number of amides is 2. The number of pyridine rings is 1. The van der Waals surface area contributed by atoms with Crippen molar-refractivity contribution in [1.82, 2.24) is 4.98 Å². The molecule has 2 aromatic rings. The minimum absolute atomic E-state index is 0.00616. The lowest BCUT2D eigenvalue weighted by Gasteiger charge is -2.09. The maximum Gasteiger partial charge on any atom is 0.323 e. The molecule has 1 heterocycles. The van der Waals surface area contributed by atoms with E-state index in [9.17, 15) is 9.90 Å². The molecule has 2 amide bonds. The lowest BCUT2D eigenvalue weighted by molar-refractivity contribution is 0.262. The number of rotatable bonds is 2. The van der Waals surface area contributed by atoms with Gasteiger partial charge >= 0.3 is 6.03 Å². The molecule has 3 N–H and O–H groups in total. The molecule has 0 saturated carbocycles. The highest BCUT2D eigenvalue weighted by molar-refractivity contribution is 6.34. The summed E-state index contributed by atoms with van der Waals surface area (Å²) in [6.07, 6.45) is 1.47. The number of carbonyl (C=O) groups is 1. The van der Waals surface area contributed by atoms with Crippen LogP contribution in [0.4, 0.5) is 16.2 Å². The van der Waals surface area contributed by atoms with Crippen LogP contribution in [0.1, 0.15) is 0 Å². The number of aromatic hydroxyl groups is 1. The van der Waals surface area contributed by atoms with Crippen molar-refractivity contribution in [3.63, 3.8) is 0 Å². The van der Waals surface area contributed by atoms with E-state index in [4.69, 9.17) is 23.2 Å². The fourth-order valence-corrected chi connectivity index (χ4v) is 1.71. The predicted molar refractivity (Wildman–Crippen MR) is 75.0 cm³/mol. The number of phenols is 1. The van der Waals surface area contributed by atoms with Gasteiger partial charge in [0.1, 0.15) is 10.9 Å². The standard InChI is InChI=1S/C12H9Cl2N3O2/c13-9-2-1-8(18)6-10(9)17-12(19)16-7-3-4-15-11(14)5-7/h1-6,18H,(H2,15,16,17,19). The van der Waals surface area contributed by atoms with E-state index in [1.807, 2.05) is 0 Å². The molecule has 5 nitrogen and oxygen atoms in total. The zero-order valence-corrected chi connectivity index (χ0v) is 11.0. The fourth-order valence-electron chi connectivity index (χ4n) is 1.37. The Balaban J connectivity index is 2.07. The number of nitrogens with one attached hydrogen (secondary N) is 2. The molecule has 0 aliphatic rings. The highest BCUT2D eigenvalue weighted by Gasteiger charge is 2.07. The molecule has 0 spiro atoms. The second kappa shape index (κ2) is 5.77. The van der Waals surface area contributed by atoms with E-state index in [-0.39, 0.29) is 10.9 Å². The van der Waals surface area contributed by atoms with Crippen molar-refractivity contribution in [2.45, 2.75) is 0 Å². The molecule has 0 radical (unpaired) electrons. The first-order chi connectivity index (χ1) is 9.04. The van der Waals surface area contributed by atoms with Crippen LogP contribution in [0.2, 0.25) is 10.2 Å². The largest absolute Gasteiger partial charge is 0.508 e. The van der Waals surface area contributed by atoms with Crippen LogP contribution < -0.4 is 10.6 Å². The molecule has 7 heteroatoms. The summed E-state index contributed by atoms with van der Waals surface area (Å²) in [5, 5.41) is 15.0. The summed E-state index contributed by atoms with van der Waals surface area (Å²) in [7, 11) is 0. The number of phenolic OH excluding ortho intramolecular Hbond substituents is 1. The van der Waals surface area contributed by atoms with Crippen LogP contribution in [0, 0.1) is 0 Å². The van der Waals surface area contributed by atoms with Gasteiger partial charge in [0.25, 0.3) is 0 Å². The number of nitrogens with zero attached hydrogens (tertiary/aromatic N) is 1. The van der Waals surface area contributed by atoms with Gasteiger partial charge in [-0.2, -0.15) is 0 Å². The van der Waals surface area contributed by atoms with Gasteiger partial charge in [0.2, 0.25) is 0 Å². The van der Waals surface area contributed by atoms with Crippen LogP contribution in [0.15, 0.2) is 36.5 Å². The van der Waals surface area contributed by atoms with Crippen molar-refractivity contribution in [3.05, 3.63) is 46.7 Å². The first kappa shape index (κ1) is 13.5. The molecule has 19 heavy (non-hydrogen) atoms. The summed E-state index contributed by atoms with van der Waals surface area (Å²) < 4.78 is 0. The number of anilines is 2. The Bertz CT molecular complexity index is 620. The van der Waals surface area contributed by atoms with Crippen LogP contribution in [0.3, 0.4) is 0 Å². The van der Waals surface area contributed by atoms with E-state index < -0.39 is 6.03 Å². The number of carbonyl (C=O) groups excluding carboxylic acids is 1. The van der Waals surface area contributed by atoms with Crippen LogP contribution >= 0.6 is 23.2 Å². The van der Waals surface area contributed by atoms with Crippen LogP contribution in [0.5, 0.6) is 5.75 Å². The second-order valence-corrected chi connectivity index (χ2v) is 4.40. The summed E-state index contributed by atoms with van der Waals surface area (Å²) in [6, 6.07) is 6.85. The van der Waals surface area contributed by atoms with Gasteiger partial charge in [0.15, 0.2) is 0 Å². The average Bonchev–Trinajstić information content (AvgIpc) is 2.34. The van der Waals surface area contributed by atoms with E-state index in [1.54, 1.807) is 6.07 Å². The van der Waals surface area contributed by atoms with E-state index in [0.29, 0.717) is 16.4 Å². The number of aromatic nitrogens is 1. The molecular weight excluding hydrogens is 289 g/mol. The quantitative estimate of drug-likeness (QED) is 0.739. The van der Waals surface area contributed by atoms with Gasteiger partial charge in [-0.25, -0.2) is 9.78 Å². The zero-order chi connectivity index (χ0) is 13.8. The fraction of sp³-hybridized carbons (Fsp3) is 0. The molecule has 0 saturated heterocycles. The molecule has 0 bridgehead atoms. The SMILES string of the molecule is O=C(Nc1ccnc(Cl)c1)Nc1cc(O)ccc1Cl. The molecule has 0 fully saturated rings. The number of halogens is 2. The molecule has 2 rings (SSSR count). The molecule has 98 valence electrons. The summed E-state index contributed by atoms with van der Waals surface area (Å²) in [4.78, 5) is 15.5. The van der Waals surface area contributed by atoms with Gasteiger partial charge in [0, 0.05) is 18.0 Å². The van der Waals surface area contributed by atoms with Gasteiger partial charge < -0.3 is 15.7 Å². The number of hydrogen-bond donors (Lipinski definition) is 3. The minimum atomic E-state index is -0.505. The predicted octanol–water partition coefficient (Wildman–Crippen LogP) is 3.74. The van der Waals surface area contributed by atoms with E-state index in [0.717, 1.165) is 0 Å². The van der Waals surface area contributed by atoms with Crippen LogP contribution in [-0.2, 0) is 0 Å².